The molecule has 2 nitrogen and oxygen atoms in total. The van der Waals surface area contributed by atoms with Gasteiger partial charge in [-0.2, -0.15) is 0 Å². The second-order valence-electron chi connectivity index (χ2n) is 4.70. The van der Waals surface area contributed by atoms with Crippen LogP contribution in [0.15, 0.2) is 48.5 Å². The van der Waals surface area contributed by atoms with Gasteiger partial charge in [-0.3, -0.25) is 4.79 Å². The van der Waals surface area contributed by atoms with Gasteiger partial charge in [-0.05, 0) is 43.2 Å². The molecule has 0 fully saturated rings. The molecule has 0 aliphatic carbocycles. The predicted octanol–water partition coefficient (Wildman–Crippen LogP) is 4.61. The minimum absolute atomic E-state index is 0.175. The van der Waals surface area contributed by atoms with E-state index >= 15 is 0 Å². The van der Waals surface area contributed by atoms with Crippen molar-refractivity contribution in [1.29, 1.82) is 0 Å². The molecule has 1 amide bonds. The van der Waals surface area contributed by atoms with Crippen molar-refractivity contribution in [3.63, 3.8) is 0 Å². The highest BCUT2D eigenvalue weighted by Crippen LogP contribution is 2.19. The molecule has 0 aromatic heterocycles. The predicted molar refractivity (Wildman–Crippen MR) is 85.0 cm³/mol. The van der Waals surface area contributed by atoms with E-state index in [-0.39, 0.29) is 5.91 Å². The molecule has 0 bridgehead atoms. The van der Waals surface area contributed by atoms with Gasteiger partial charge in [-0.25, -0.2) is 0 Å². The Morgan fingerprint density at radius 2 is 1.80 bits per heavy atom. The van der Waals surface area contributed by atoms with Crippen molar-refractivity contribution in [3.8, 4) is 0 Å². The molecule has 2 aromatic carbocycles. The Morgan fingerprint density at radius 1 is 1.10 bits per heavy atom. The molecule has 2 rings (SSSR count). The van der Waals surface area contributed by atoms with E-state index in [0.29, 0.717) is 10.7 Å². The summed E-state index contributed by atoms with van der Waals surface area (Å²) in [6.07, 6.45) is 3.29. The zero-order valence-electron chi connectivity index (χ0n) is 11.5. The van der Waals surface area contributed by atoms with Crippen LogP contribution in [0.4, 0.5) is 5.69 Å². The van der Waals surface area contributed by atoms with Crippen LogP contribution in [0.25, 0.3) is 6.08 Å². The van der Waals surface area contributed by atoms with Crippen LogP contribution >= 0.6 is 11.6 Å². The molecule has 0 spiro atoms. The lowest BCUT2D eigenvalue weighted by molar-refractivity contribution is -0.111. The fourth-order valence-corrected chi connectivity index (χ4v) is 1.88. The number of carbonyl (C=O) groups is 1. The number of aryl methyl sites for hydroxylation is 2. The van der Waals surface area contributed by atoms with Crippen molar-refractivity contribution >= 4 is 29.3 Å². The minimum Gasteiger partial charge on any atom is -0.322 e. The van der Waals surface area contributed by atoms with Gasteiger partial charge in [-0.15, -0.1) is 0 Å². The number of carbonyl (C=O) groups excluding carboxylic acids is 1. The first-order valence-electron chi connectivity index (χ1n) is 6.36. The Bertz CT molecular complexity index is 645. The third-order valence-electron chi connectivity index (χ3n) is 2.94. The van der Waals surface area contributed by atoms with Crippen molar-refractivity contribution < 1.29 is 4.79 Å². The lowest BCUT2D eigenvalue weighted by Gasteiger charge is -2.04. The SMILES string of the molecule is Cc1ccc(/C=C\C(=O)Nc2ccc(C)c(Cl)c2)cc1. The monoisotopic (exact) mass is 285 g/mol. The lowest BCUT2D eigenvalue weighted by atomic mass is 10.1. The molecule has 0 heterocycles. The molecule has 0 unspecified atom stereocenters. The van der Waals surface area contributed by atoms with Gasteiger partial charge in [0, 0.05) is 16.8 Å². The van der Waals surface area contributed by atoms with Crippen LogP contribution in [0.3, 0.4) is 0 Å². The van der Waals surface area contributed by atoms with Crippen LogP contribution < -0.4 is 5.32 Å². The average molecular weight is 286 g/mol. The third-order valence-corrected chi connectivity index (χ3v) is 3.35. The standard InChI is InChI=1S/C17H16ClNO/c1-12-3-6-14(7-4-12)8-10-17(20)19-15-9-5-13(2)16(18)11-15/h3-11H,1-2H3,(H,19,20)/b10-8-. The molecular formula is C17H16ClNO. The molecule has 20 heavy (non-hydrogen) atoms. The molecule has 0 aliphatic heterocycles. The highest BCUT2D eigenvalue weighted by Gasteiger charge is 2.00. The summed E-state index contributed by atoms with van der Waals surface area (Å²) in [5, 5.41) is 3.43. The van der Waals surface area contributed by atoms with Crippen molar-refractivity contribution in [1.82, 2.24) is 0 Å². The van der Waals surface area contributed by atoms with Gasteiger partial charge in [0.2, 0.25) is 5.91 Å². The van der Waals surface area contributed by atoms with E-state index in [1.54, 1.807) is 12.1 Å². The summed E-state index contributed by atoms with van der Waals surface area (Å²) in [4.78, 5) is 11.8. The second kappa shape index (κ2) is 6.40. The van der Waals surface area contributed by atoms with Gasteiger partial charge >= 0.3 is 0 Å². The fourth-order valence-electron chi connectivity index (χ4n) is 1.70. The Balaban J connectivity index is 2.01. The van der Waals surface area contributed by atoms with E-state index in [1.165, 1.54) is 11.6 Å². The summed E-state index contributed by atoms with van der Waals surface area (Å²) in [7, 11) is 0. The average Bonchev–Trinajstić information content (AvgIpc) is 2.42. The van der Waals surface area contributed by atoms with Crippen molar-refractivity contribution in [3.05, 3.63) is 70.3 Å². The second-order valence-corrected chi connectivity index (χ2v) is 5.10. The van der Waals surface area contributed by atoms with E-state index in [4.69, 9.17) is 11.6 Å². The Labute approximate surface area is 124 Å². The Hall–Kier alpha value is -2.06. The summed E-state index contributed by atoms with van der Waals surface area (Å²) in [6, 6.07) is 13.4. The first kappa shape index (κ1) is 14.4. The first-order valence-corrected chi connectivity index (χ1v) is 6.74. The summed E-state index contributed by atoms with van der Waals surface area (Å²) in [5.74, 6) is -0.175. The van der Waals surface area contributed by atoms with E-state index in [2.05, 4.69) is 5.32 Å². The van der Waals surface area contributed by atoms with Gasteiger partial charge < -0.3 is 5.32 Å². The normalized spacial score (nSPS) is 10.8. The molecule has 102 valence electrons. The summed E-state index contributed by atoms with van der Waals surface area (Å²) in [6.45, 7) is 3.95. The molecule has 1 N–H and O–H groups in total. The third kappa shape index (κ3) is 3.97. The summed E-state index contributed by atoms with van der Waals surface area (Å²) < 4.78 is 0. The van der Waals surface area contributed by atoms with Gasteiger partial charge in [0.15, 0.2) is 0 Å². The Morgan fingerprint density at radius 3 is 2.45 bits per heavy atom. The van der Waals surface area contributed by atoms with Gasteiger partial charge in [0.25, 0.3) is 0 Å². The molecule has 0 aliphatic rings. The summed E-state index contributed by atoms with van der Waals surface area (Å²) in [5.41, 5.74) is 3.87. The van der Waals surface area contributed by atoms with Crippen LogP contribution in [-0.4, -0.2) is 5.91 Å². The van der Waals surface area contributed by atoms with Crippen LogP contribution in [0.1, 0.15) is 16.7 Å². The number of anilines is 1. The maximum Gasteiger partial charge on any atom is 0.248 e. The van der Waals surface area contributed by atoms with Crippen molar-refractivity contribution in [2.24, 2.45) is 0 Å². The summed E-state index contributed by atoms with van der Waals surface area (Å²) >= 11 is 6.02. The molecule has 0 saturated carbocycles. The molecule has 2 aromatic rings. The van der Waals surface area contributed by atoms with Crippen molar-refractivity contribution in [2.45, 2.75) is 13.8 Å². The first-order chi connectivity index (χ1) is 9.54. The van der Waals surface area contributed by atoms with E-state index in [9.17, 15) is 4.79 Å². The van der Waals surface area contributed by atoms with Crippen LogP contribution in [0, 0.1) is 13.8 Å². The largest absolute Gasteiger partial charge is 0.322 e. The highest BCUT2D eigenvalue weighted by molar-refractivity contribution is 6.31. The van der Waals surface area contributed by atoms with E-state index < -0.39 is 0 Å². The minimum atomic E-state index is -0.175. The topological polar surface area (TPSA) is 29.1 Å². The van der Waals surface area contributed by atoms with Gasteiger partial charge in [0.1, 0.15) is 0 Å². The number of hydrogen-bond acceptors (Lipinski definition) is 1. The lowest BCUT2D eigenvalue weighted by Crippen LogP contribution is -2.07. The Kier molecular flexibility index (Phi) is 4.59. The van der Waals surface area contributed by atoms with Crippen LogP contribution in [0.2, 0.25) is 5.02 Å². The van der Waals surface area contributed by atoms with E-state index in [1.807, 2.05) is 50.2 Å². The van der Waals surface area contributed by atoms with Crippen LogP contribution in [0.5, 0.6) is 0 Å². The smallest absolute Gasteiger partial charge is 0.248 e. The molecular weight excluding hydrogens is 270 g/mol. The zero-order valence-corrected chi connectivity index (χ0v) is 12.2. The fraction of sp³-hybridized carbons (Fsp3) is 0.118. The maximum absolute atomic E-state index is 11.8. The zero-order chi connectivity index (χ0) is 14.5. The number of hydrogen-bond donors (Lipinski definition) is 1. The molecule has 0 atom stereocenters. The molecule has 0 saturated heterocycles. The maximum atomic E-state index is 11.8. The van der Waals surface area contributed by atoms with Gasteiger partial charge in [0.05, 0.1) is 0 Å². The van der Waals surface area contributed by atoms with Crippen LogP contribution in [-0.2, 0) is 4.79 Å². The van der Waals surface area contributed by atoms with Crippen molar-refractivity contribution in [2.75, 3.05) is 5.32 Å². The quantitative estimate of drug-likeness (QED) is 0.820. The number of amides is 1. The number of nitrogens with one attached hydrogen (secondary N) is 1. The molecule has 0 radical (unpaired) electrons. The number of rotatable bonds is 3. The number of benzene rings is 2. The molecule has 3 heteroatoms. The highest BCUT2D eigenvalue weighted by atomic mass is 35.5. The van der Waals surface area contributed by atoms with Gasteiger partial charge in [-0.1, -0.05) is 47.5 Å². The van der Waals surface area contributed by atoms with E-state index in [0.717, 1.165) is 11.1 Å². The number of halogens is 1.